The molecule has 0 aliphatic carbocycles. The van der Waals surface area contributed by atoms with E-state index < -0.39 is 0 Å². The number of benzene rings is 1. The first kappa shape index (κ1) is 21.1. The molecule has 1 aromatic carbocycles. The van der Waals surface area contributed by atoms with Crippen LogP contribution in [0.15, 0.2) is 46.0 Å². The molecule has 9 heteroatoms. The van der Waals surface area contributed by atoms with Crippen LogP contribution in [-0.2, 0) is 11.3 Å². The molecule has 0 bridgehead atoms. The summed E-state index contributed by atoms with van der Waals surface area (Å²) in [6, 6.07) is 9.39. The number of aliphatic imine (C=N–C) groups is 1. The number of ether oxygens (including phenoxy) is 1. The molecule has 0 N–H and O–H groups in total. The Bertz CT molecular complexity index is 1100. The van der Waals surface area contributed by atoms with Gasteiger partial charge >= 0.3 is 0 Å². The molecule has 0 saturated carbocycles. The number of hydrogen-bond donors (Lipinski definition) is 0. The van der Waals surface area contributed by atoms with Gasteiger partial charge in [0.15, 0.2) is 11.6 Å². The number of nitrogens with zero attached hydrogens (tertiary/aromatic N) is 5. The van der Waals surface area contributed by atoms with E-state index in [2.05, 4.69) is 26.8 Å². The maximum Gasteiger partial charge on any atom is 0.258 e. The van der Waals surface area contributed by atoms with E-state index in [1.165, 1.54) is 4.90 Å². The van der Waals surface area contributed by atoms with Gasteiger partial charge in [-0.1, -0.05) is 28.9 Å². The minimum atomic E-state index is -0.236. The molecule has 3 aromatic rings. The highest BCUT2D eigenvalue weighted by molar-refractivity contribution is 6.30. The number of rotatable bonds is 6. The van der Waals surface area contributed by atoms with Crippen molar-refractivity contribution in [3.8, 4) is 0 Å². The number of aromatic nitrogens is 3. The van der Waals surface area contributed by atoms with Gasteiger partial charge in [-0.15, -0.1) is 0 Å². The first-order valence-corrected chi connectivity index (χ1v) is 10.2. The normalized spacial score (nSPS) is 18.2. The Morgan fingerprint density at radius 1 is 1.32 bits per heavy atom. The van der Waals surface area contributed by atoms with Gasteiger partial charge in [0.05, 0.1) is 24.8 Å². The van der Waals surface area contributed by atoms with Crippen LogP contribution in [0.3, 0.4) is 0 Å². The molecule has 8 nitrogen and oxygen atoms in total. The van der Waals surface area contributed by atoms with Crippen molar-refractivity contribution in [1.29, 1.82) is 0 Å². The fourth-order valence-electron chi connectivity index (χ4n) is 3.61. The molecule has 1 aliphatic heterocycles. The molecule has 0 radical (unpaired) electrons. The zero-order valence-electron chi connectivity index (χ0n) is 17.3. The summed E-state index contributed by atoms with van der Waals surface area (Å²) in [5.41, 5.74) is 2.26. The summed E-state index contributed by atoms with van der Waals surface area (Å²) in [5, 5.41) is 4.80. The second-order valence-corrected chi connectivity index (χ2v) is 7.93. The van der Waals surface area contributed by atoms with Crippen LogP contribution >= 0.6 is 11.6 Å². The third kappa shape index (κ3) is 4.50. The predicted octanol–water partition coefficient (Wildman–Crippen LogP) is 4.28. The summed E-state index contributed by atoms with van der Waals surface area (Å²) in [6.07, 6.45) is 2.31. The van der Waals surface area contributed by atoms with Gasteiger partial charge in [-0.25, -0.2) is 9.98 Å². The Morgan fingerprint density at radius 2 is 2.10 bits per heavy atom. The van der Waals surface area contributed by atoms with Crippen LogP contribution < -0.4 is 0 Å². The molecule has 31 heavy (non-hydrogen) atoms. The summed E-state index contributed by atoms with van der Waals surface area (Å²) in [6.45, 7) is 6.00. The topological polar surface area (TPSA) is 93.7 Å². The average Bonchev–Trinajstić information content (AvgIpc) is 3.43. The lowest BCUT2D eigenvalue weighted by molar-refractivity contribution is 0.0769. The van der Waals surface area contributed by atoms with Gasteiger partial charge in [0.25, 0.3) is 5.91 Å². The monoisotopic (exact) mass is 439 g/mol. The van der Waals surface area contributed by atoms with Gasteiger partial charge in [-0.3, -0.25) is 4.79 Å². The zero-order valence-corrected chi connectivity index (χ0v) is 18.0. The fourth-order valence-corrected chi connectivity index (χ4v) is 3.73. The molecule has 4 rings (SSSR count). The van der Waals surface area contributed by atoms with Crippen molar-refractivity contribution in [2.75, 3.05) is 13.7 Å². The van der Waals surface area contributed by atoms with Crippen molar-refractivity contribution >= 4 is 30.0 Å². The highest BCUT2D eigenvalue weighted by Crippen LogP contribution is 2.37. The van der Waals surface area contributed by atoms with E-state index in [4.69, 9.17) is 20.9 Å². The summed E-state index contributed by atoms with van der Waals surface area (Å²) >= 11 is 5.96. The number of halogens is 1. The number of amides is 1. The van der Waals surface area contributed by atoms with Crippen LogP contribution in [0.2, 0.25) is 5.02 Å². The Labute approximate surface area is 184 Å². The molecule has 3 heterocycles. The largest absolute Gasteiger partial charge is 0.373 e. The van der Waals surface area contributed by atoms with Crippen LogP contribution in [-0.4, -0.2) is 46.3 Å². The van der Waals surface area contributed by atoms with E-state index in [1.54, 1.807) is 19.3 Å². The van der Waals surface area contributed by atoms with Crippen molar-refractivity contribution in [3.05, 3.63) is 70.0 Å². The number of carbonyl (C=O) groups excluding carboxylic acids is 1. The van der Waals surface area contributed by atoms with Gasteiger partial charge < -0.3 is 14.2 Å². The van der Waals surface area contributed by atoms with Gasteiger partial charge in [0.1, 0.15) is 0 Å². The van der Waals surface area contributed by atoms with E-state index in [0.29, 0.717) is 34.7 Å². The van der Waals surface area contributed by atoms with Crippen molar-refractivity contribution in [1.82, 2.24) is 20.0 Å². The van der Waals surface area contributed by atoms with Crippen LogP contribution in [0.4, 0.5) is 5.82 Å². The second kappa shape index (κ2) is 8.95. The summed E-state index contributed by atoms with van der Waals surface area (Å²) in [4.78, 5) is 26.9. The Kier molecular flexibility index (Phi) is 6.11. The molecular formula is C22H22ClN5O3. The molecule has 0 unspecified atom stereocenters. The molecule has 0 spiro atoms. The van der Waals surface area contributed by atoms with Crippen LogP contribution in [0.1, 0.15) is 51.6 Å². The number of aryl methyl sites for hydroxylation is 1. The molecule has 1 saturated heterocycles. The van der Waals surface area contributed by atoms with E-state index in [-0.39, 0.29) is 24.5 Å². The average molecular weight is 440 g/mol. The smallest absolute Gasteiger partial charge is 0.258 e. The zero-order chi connectivity index (χ0) is 22.0. The lowest BCUT2D eigenvalue weighted by atomic mass is 10.0. The molecule has 160 valence electrons. The molecule has 1 aliphatic rings. The maximum atomic E-state index is 12.9. The predicted molar refractivity (Wildman–Crippen MR) is 116 cm³/mol. The van der Waals surface area contributed by atoms with Gasteiger partial charge in [-0.05, 0) is 49.4 Å². The minimum absolute atomic E-state index is 0.0244. The second-order valence-electron chi connectivity index (χ2n) is 7.50. The summed E-state index contributed by atoms with van der Waals surface area (Å²) < 4.78 is 11.3. The first-order valence-electron chi connectivity index (χ1n) is 9.83. The SMILES string of the molecule is C=Nc1nccc(C)c1C(=O)N(C)Cc1nc([C@@H]2CO[C@@H](c3ccc(Cl)cc3)C2)no1. The highest BCUT2D eigenvalue weighted by atomic mass is 35.5. The molecule has 2 atom stereocenters. The molecule has 2 aromatic heterocycles. The van der Waals surface area contributed by atoms with Gasteiger partial charge in [-0.2, -0.15) is 4.98 Å². The van der Waals surface area contributed by atoms with E-state index in [1.807, 2.05) is 31.2 Å². The van der Waals surface area contributed by atoms with Gasteiger partial charge in [0.2, 0.25) is 5.89 Å². The number of pyridine rings is 1. The third-order valence-corrected chi connectivity index (χ3v) is 5.56. The standard InChI is InChI=1S/C22H22ClN5O3/c1-13-8-9-25-21(24-2)19(13)22(29)28(3)11-18-26-20(27-31-18)15-10-17(30-12-15)14-4-6-16(23)7-5-14/h4-9,15,17H,2,10-12H2,1,3H3/t15-,17+/m0/s1. The number of carbonyl (C=O) groups is 1. The summed E-state index contributed by atoms with van der Waals surface area (Å²) in [5.74, 6) is 1.03. The Balaban J connectivity index is 1.42. The molecule has 1 amide bonds. The van der Waals surface area contributed by atoms with Crippen molar-refractivity contribution in [3.63, 3.8) is 0 Å². The minimum Gasteiger partial charge on any atom is -0.373 e. The summed E-state index contributed by atoms with van der Waals surface area (Å²) in [7, 11) is 1.67. The van der Waals surface area contributed by atoms with E-state index >= 15 is 0 Å². The van der Waals surface area contributed by atoms with Crippen molar-refractivity contribution in [2.24, 2.45) is 4.99 Å². The third-order valence-electron chi connectivity index (χ3n) is 5.31. The van der Waals surface area contributed by atoms with Crippen molar-refractivity contribution < 1.29 is 14.1 Å². The van der Waals surface area contributed by atoms with E-state index in [9.17, 15) is 4.79 Å². The molecule has 1 fully saturated rings. The van der Waals surface area contributed by atoms with Crippen LogP contribution in [0, 0.1) is 6.92 Å². The van der Waals surface area contributed by atoms with Crippen LogP contribution in [0.5, 0.6) is 0 Å². The van der Waals surface area contributed by atoms with E-state index in [0.717, 1.165) is 17.5 Å². The number of hydrogen-bond acceptors (Lipinski definition) is 7. The first-order chi connectivity index (χ1) is 15.0. The quantitative estimate of drug-likeness (QED) is 0.532. The van der Waals surface area contributed by atoms with Crippen molar-refractivity contribution in [2.45, 2.75) is 31.9 Å². The fraction of sp³-hybridized carbons (Fsp3) is 0.318. The Hall–Kier alpha value is -3.10. The lowest BCUT2D eigenvalue weighted by Crippen LogP contribution is -2.27. The lowest BCUT2D eigenvalue weighted by Gasteiger charge is -2.17. The molecular weight excluding hydrogens is 418 g/mol. The van der Waals surface area contributed by atoms with Crippen LogP contribution in [0.25, 0.3) is 0 Å². The van der Waals surface area contributed by atoms with Gasteiger partial charge in [0, 0.05) is 24.2 Å². The highest BCUT2D eigenvalue weighted by Gasteiger charge is 2.31. The maximum absolute atomic E-state index is 12.9. The Morgan fingerprint density at radius 3 is 2.84 bits per heavy atom.